The van der Waals surface area contributed by atoms with Crippen LogP contribution in [-0.2, 0) is 20.1 Å². The number of pyridine rings is 1. The molecular weight excluding hydrogens is 416 g/mol. The maximum atomic E-state index is 11.1. The Hall–Kier alpha value is -4.17. The Morgan fingerprint density at radius 1 is 1.03 bits per heavy atom. The molecule has 0 bridgehead atoms. The monoisotopic (exact) mass is 438 g/mol. The van der Waals surface area contributed by atoms with Crippen molar-refractivity contribution in [3.63, 3.8) is 0 Å². The molecule has 8 heteroatoms. The van der Waals surface area contributed by atoms with Crippen molar-refractivity contribution < 1.29 is 9.84 Å². The van der Waals surface area contributed by atoms with E-state index in [2.05, 4.69) is 32.5 Å². The van der Waals surface area contributed by atoms with Gasteiger partial charge < -0.3 is 20.1 Å². The number of imidazole rings is 1. The fraction of sp³-hybridized carbons (Fsp3) is 0.160. The van der Waals surface area contributed by atoms with Gasteiger partial charge in [-0.05, 0) is 41.0 Å². The average Bonchev–Trinajstić information content (AvgIpc) is 3.53. The second kappa shape index (κ2) is 7.46. The first-order valence-corrected chi connectivity index (χ1v) is 10.7. The summed E-state index contributed by atoms with van der Waals surface area (Å²) in [4.78, 5) is 12.4. The fourth-order valence-electron chi connectivity index (χ4n) is 4.47. The molecule has 2 aromatic carbocycles. The number of hydrogen-bond donors (Lipinski definition) is 3. The molecule has 0 atom stereocenters. The van der Waals surface area contributed by atoms with Gasteiger partial charge in [0.05, 0.1) is 18.1 Å². The zero-order chi connectivity index (χ0) is 22.5. The maximum Gasteiger partial charge on any atom is 0.221 e. The minimum atomic E-state index is 0.0949. The lowest BCUT2D eigenvalue weighted by molar-refractivity contribution is 0.399. The van der Waals surface area contributed by atoms with Crippen LogP contribution in [0.1, 0.15) is 11.1 Å². The standard InChI is InChI=1S/C25H22N6O2/c1-31-22(24-28-19-10-16-12-26-13-17(16)11-20(19)29-24)23(32)21(30-31)15-7-5-14(6-8-15)18-4-3-9-27-25(18)33-2/h3-11,26,32H,12-13H2,1-2H3,(H,28,29). The molecule has 1 aliphatic heterocycles. The van der Waals surface area contributed by atoms with E-state index in [0.717, 1.165) is 40.8 Å². The molecule has 33 heavy (non-hydrogen) atoms. The second-order valence-electron chi connectivity index (χ2n) is 8.13. The average molecular weight is 438 g/mol. The number of aromatic amines is 1. The van der Waals surface area contributed by atoms with Crippen molar-refractivity contribution in [2.24, 2.45) is 7.05 Å². The third-order valence-electron chi connectivity index (χ3n) is 6.11. The Kier molecular flexibility index (Phi) is 4.41. The van der Waals surface area contributed by atoms with E-state index in [1.54, 1.807) is 18.0 Å². The normalized spacial score (nSPS) is 12.9. The quantitative estimate of drug-likeness (QED) is 0.392. The van der Waals surface area contributed by atoms with Crippen molar-refractivity contribution in [3.05, 3.63) is 65.9 Å². The molecule has 0 saturated heterocycles. The van der Waals surface area contributed by atoms with Gasteiger partial charge in [0.25, 0.3) is 0 Å². The molecule has 0 amide bonds. The minimum Gasteiger partial charge on any atom is -0.504 e. The van der Waals surface area contributed by atoms with Gasteiger partial charge in [-0.2, -0.15) is 5.10 Å². The van der Waals surface area contributed by atoms with Gasteiger partial charge in [0, 0.05) is 37.5 Å². The molecule has 3 aromatic heterocycles. The van der Waals surface area contributed by atoms with Gasteiger partial charge in [0.1, 0.15) is 11.4 Å². The summed E-state index contributed by atoms with van der Waals surface area (Å²) < 4.78 is 7.03. The number of aromatic nitrogens is 5. The first-order chi connectivity index (χ1) is 16.1. The number of rotatable bonds is 4. The van der Waals surface area contributed by atoms with Crippen molar-refractivity contribution in [3.8, 4) is 45.5 Å². The summed E-state index contributed by atoms with van der Waals surface area (Å²) in [6.07, 6.45) is 1.70. The fourth-order valence-corrected chi connectivity index (χ4v) is 4.47. The number of aromatic hydroxyl groups is 1. The Balaban J connectivity index is 1.38. The van der Waals surface area contributed by atoms with Crippen LogP contribution in [0.15, 0.2) is 54.7 Å². The number of hydrogen-bond acceptors (Lipinski definition) is 6. The largest absolute Gasteiger partial charge is 0.504 e. The van der Waals surface area contributed by atoms with Gasteiger partial charge in [-0.3, -0.25) is 4.68 Å². The van der Waals surface area contributed by atoms with Crippen LogP contribution in [0.25, 0.3) is 44.9 Å². The van der Waals surface area contributed by atoms with Gasteiger partial charge in [0.2, 0.25) is 5.88 Å². The summed E-state index contributed by atoms with van der Waals surface area (Å²) in [5.41, 5.74) is 8.11. The summed E-state index contributed by atoms with van der Waals surface area (Å²) in [5, 5.41) is 19.0. The topological polar surface area (TPSA) is 101 Å². The Labute approximate surface area is 189 Å². The van der Waals surface area contributed by atoms with Crippen LogP contribution in [0.4, 0.5) is 0 Å². The molecule has 4 heterocycles. The van der Waals surface area contributed by atoms with Gasteiger partial charge in [0.15, 0.2) is 11.6 Å². The van der Waals surface area contributed by atoms with E-state index in [-0.39, 0.29) is 5.75 Å². The molecule has 0 fully saturated rings. The summed E-state index contributed by atoms with van der Waals surface area (Å²) in [5.74, 6) is 1.26. The van der Waals surface area contributed by atoms with Crippen LogP contribution in [0.5, 0.6) is 11.6 Å². The number of aryl methyl sites for hydroxylation is 1. The molecule has 8 nitrogen and oxygen atoms in total. The zero-order valence-electron chi connectivity index (χ0n) is 18.3. The highest BCUT2D eigenvalue weighted by atomic mass is 16.5. The number of methoxy groups -OCH3 is 1. The van der Waals surface area contributed by atoms with Crippen LogP contribution in [0.3, 0.4) is 0 Å². The number of fused-ring (bicyclic) bond motifs is 2. The van der Waals surface area contributed by atoms with Crippen molar-refractivity contribution in [1.29, 1.82) is 0 Å². The maximum absolute atomic E-state index is 11.1. The van der Waals surface area contributed by atoms with Crippen molar-refractivity contribution in [1.82, 2.24) is 30.0 Å². The van der Waals surface area contributed by atoms with Crippen molar-refractivity contribution in [2.75, 3.05) is 7.11 Å². The Morgan fingerprint density at radius 2 is 1.79 bits per heavy atom. The lowest BCUT2D eigenvalue weighted by atomic mass is 10.0. The van der Waals surface area contributed by atoms with Crippen LogP contribution < -0.4 is 10.1 Å². The van der Waals surface area contributed by atoms with Crippen LogP contribution in [0.2, 0.25) is 0 Å². The number of H-pyrrole nitrogens is 1. The summed E-state index contributed by atoms with van der Waals surface area (Å²) >= 11 is 0. The van der Waals surface area contributed by atoms with E-state index in [1.807, 2.05) is 43.4 Å². The van der Waals surface area contributed by atoms with Crippen LogP contribution >= 0.6 is 0 Å². The molecule has 0 saturated carbocycles. The molecule has 5 aromatic rings. The number of nitrogens with zero attached hydrogens (tertiary/aromatic N) is 4. The van der Waals surface area contributed by atoms with Crippen LogP contribution in [-0.4, -0.2) is 36.9 Å². The predicted molar refractivity (Wildman–Crippen MR) is 126 cm³/mol. The number of nitrogens with one attached hydrogen (secondary N) is 2. The molecule has 0 radical (unpaired) electrons. The van der Waals surface area contributed by atoms with E-state index in [1.165, 1.54) is 11.1 Å². The van der Waals surface area contributed by atoms with E-state index < -0.39 is 0 Å². The van der Waals surface area contributed by atoms with Crippen LogP contribution in [0, 0.1) is 0 Å². The smallest absolute Gasteiger partial charge is 0.221 e. The van der Waals surface area contributed by atoms with Gasteiger partial charge in [-0.25, -0.2) is 9.97 Å². The lowest BCUT2D eigenvalue weighted by Crippen LogP contribution is -1.99. The highest BCUT2D eigenvalue weighted by Gasteiger charge is 2.22. The summed E-state index contributed by atoms with van der Waals surface area (Å²) in [6.45, 7) is 1.72. The first kappa shape index (κ1) is 19.5. The molecule has 164 valence electrons. The first-order valence-electron chi connectivity index (χ1n) is 10.7. The van der Waals surface area contributed by atoms with Gasteiger partial charge in [-0.1, -0.05) is 24.3 Å². The molecular formula is C25H22N6O2. The molecule has 0 aliphatic carbocycles. The number of ether oxygens (including phenoxy) is 1. The summed E-state index contributed by atoms with van der Waals surface area (Å²) in [6, 6.07) is 15.9. The highest BCUT2D eigenvalue weighted by Crippen LogP contribution is 2.38. The lowest BCUT2D eigenvalue weighted by Gasteiger charge is -2.07. The molecule has 0 unspecified atom stereocenters. The Bertz CT molecular complexity index is 1460. The molecule has 0 spiro atoms. The second-order valence-corrected chi connectivity index (χ2v) is 8.13. The summed E-state index contributed by atoms with van der Waals surface area (Å²) in [7, 11) is 3.42. The SMILES string of the molecule is COc1ncccc1-c1ccc(-c2nn(C)c(-c3nc4cc5c(cc4[nH]3)CNC5)c2O)cc1. The van der Waals surface area contributed by atoms with Crippen molar-refractivity contribution >= 4 is 11.0 Å². The minimum absolute atomic E-state index is 0.0949. The zero-order valence-corrected chi connectivity index (χ0v) is 18.3. The van der Waals surface area contributed by atoms with E-state index in [9.17, 15) is 5.11 Å². The van der Waals surface area contributed by atoms with E-state index >= 15 is 0 Å². The third kappa shape index (κ3) is 3.15. The Morgan fingerprint density at radius 3 is 2.58 bits per heavy atom. The number of benzene rings is 2. The third-order valence-corrected chi connectivity index (χ3v) is 6.11. The molecule has 6 rings (SSSR count). The van der Waals surface area contributed by atoms with E-state index in [4.69, 9.17) is 9.72 Å². The molecule has 3 N–H and O–H groups in total. The molecule has 1 aliphatic rings. The predicted octanol–water partition coefficient (Wildman–Crippen LogP) is 4.01. The van der Waals surface area contributed by atoms with Gasteiger partial charge >= 0.3 is 0 Å². The van der Waals surface area contributed by atoms with Gasteiger partial charge in [-0.15, -0.1) is 0 Å². The van der Waals surface area contributed by atoms with E-state index in [0.29, 0.717) is 23.1 Å². The highest BCUT2D eigenvalue weighted by molar-refractivity contribution is 5.84. The van der Waals surface area contributed by atoms with Crippen molar-refractivity contribution in [2.45, 2.75) is 13.1 Å².